The molecule has 2 heterocycles. The Morgan fingerprint density at radius 1 is 1.05 bits per heavy atom. The smallest absolute Gasteiger partial charge is 0.163 e. The Kier molecular flexibility index (Phi) is 3.26. The zero-order valence-corrected chi connectivity index (χ0v) is 12.6. The highest BCUT2D eigenvalue weighted by Gasteiger charge is 2.65. The number of aliphatic hydroxyl groups is 1. The summed E-state index contributed by atoms with van der Waals surface area (Å²) in [6.07, 6.45) is -1.30. The Hall–Kier alpha value is -0.890. The van der Waals surface area contributed by atoms with Gasteiger partial charge in [-0.15, -0.1) is 0 Å². The first-order valence-electron chi connectivity index (χ1n) is 7.11. The van der Waals surface area contributed by atoms with Gasteiger partial charge in [0.1, 0.15) is 17.8 Å². The van der Waals surface area contributed by atoms with Crippen LogP contribution in [0.15, 0.2) is 5.11 Å². The Morgan fingerprint density at radius 2 is 1.52 bits per heavy atom. The monoisotopic (exact) mass is 299 g/mol. The maximum absolute atomic E-state index is 11.1. The van der Waals surface area contributed by atoms with E-state index < -0.39 is 29.4 Å². The van der Waals surface area contributed by atoms with E-state index in [1.54, 1.807) is 27.7 Å². The molecule has 1 saturated carbocycles. The van der Waals surface area contributed by atoms with E-state index in [9.17, 15) is 5.11 Å². The predicted octanol–water partition coefficient (Wildman–Crippen LogP) is 1.47. The molecule has 0 radical (unpaired) electrons. The molecule has 0 spiro atoms. The van der Waals surface area contributed by atoms with E-state index in [1.807, 2.05) is 0 Å². The number of fused-ring (bicyclic) bond motifs is 2. The first-order chi connectivity index (χ1) is 9.67. The molecule has 8 nitrogen and oxygen atoms in total. The van der Waals surface area contributed by atoms with Crippen LogP contribution in [0.2, 0.25) is 0 Å². The fraction of sp³-hybridized carbons (Fsp3) is 1.00. The molecule has 3 aliphatic rings. The van der Waals surface area contributed by atoms with Gasteiger partial charge in [-0.25, -0.2) is 0 Å². The van der Waals surface area contributed by atoms with Crippen LogP contribution >= 0.6 is 0 Å². The number of nitrogens with zero attached hydrogens (tertiary/aromatic N) is 3. The number of rotatable bonds is 2. The third-order valence-corrected chi connectivity index (χ3v) is 4.20. The molecule has 2 aliphatic heterocycles. The summed E-state index contributed by atoms with van der Waals surface area (Å²) in [7, 11) is 0. The molecule has 3 rings (SSSR count). The van der Waals surface area contributed by atoms with E-state index in [-0.39, 0.29) is 18.8 Å². The van der Waals surface area contributed by atoms with E-state index in [4.69, 9.17) is 24.5 Å². The SMILES string of the molecule is CC1(C)O[C@H]2C[C@H]3OC(C)(C)O[C@@H]3C(O)(CN=[N+]=[N-])[C@H]2O1. The van der Waals surface area contributed by atoms with Crippen molar-refractivity contribution in [1.82, 2.24) is 0 Å². The summed E-state index contributed by atoms with van der Waals surface area (Å²) >= 11 is 0. The van der Waals surface area contributed by atoms with Crippen molar-refractivity contribution >= 4 is 0 Å². The molecular weight excluding hydrogens is 278 g/mol. The first-order valence-corrected chi connectivity index (χ1v) is 7.11. The van der Waals surface area contributed by atoms with Crippen LogP contribution in [0.3, 0.4) is 0 Å². The minimum Gasteiger partial charge on any atom is -0.384 e. The molecule has 118 valence electrons. The summed E-state index contributed by atoms with van der Waals surface area (Å²) < 4.78 is 23.4. The van der Waals surface area contributed by atoms with E-state index in [1.165, 1.54) is 0 Å². The van der Waals surface area contributed by atoms with Gasteiger partial charge in [-0.3, -0.25) is 0 Å². The van der Waals surface area contributed by atoms with Gasteiger partial charge in [0.05, 0.1) is 18.8 Å². The Bertz CT molecular complexity index is 458. The normalized spacial score (nSPS) is 46.5. The van der Waals surface area contributed by atoms with Crippen LogP contribution < -0.4 is 0 Å². The Labute approximate surface area is 122 Å². The Morgan fingerprint density at radius 3 is 1.95 bits per heavy atom. The maximum atomic E-state index is 11.1. The lowest BCUT2D eigenvalue weighted by atomic mass is 9.76. The van der Waals surface area contributed by atoms with Crippen LogP contribution in [0.5, 0.6) is 0 Å². The fourth-order valence-corrected chi connectivity index (χ4v) is 3.58. The minimum absolute atomic E-state index is 0.148. The van der Waals surface area contributed by atoms with Crippen LogP contribution in [0, 0.1) is 0 Å². The lowest BCUT2D eigenvalue weighted by molar-refractivity contribution is -0.211. The van der Waals surface area contributed by atoms with Gasteiger partial charge in [-0.2, -0.15) is 0 Å². The zero-order valence-electron chi connectivity index (χ0n) is 12.6. The summed E-state index contributed by atoms with van der Waals surface area (Å²) in [6, 6.07) is 0. The van der Waals surface area contributed by atoms with Gasteiger partial charge in [-0.1, -0.05) is 5.11 Å². The van der Waals surface area contributed by atoms with Gasteiger partial charge < -0.3 is 24.1 Å². The molecule has 0 bridgehead atoms. The van der Waals surface area contributed by atoms with Crippen molar-refractivity contribution in [3.8, 4) is 0 Å². The van der Waals surface area contributed by atoms with Crippen molar-refractivity contribution in [2.24, 2.45) is 5.11 Å². The highest BCUT2D eigenvalue weighted by Crippen LogP contribution is 2.48. The molecule has 0 aromatic rings. The molecule has 1 N–H and O–H groups in total. The second-order valence-corrected chi connectivity index (χ2v) is 6.81. The molecule has 2 saturated heterocycles. The van der Waals surface area contributed by atoms with E-state index >= 15 is 0 Å². The third kappa shape index (κ3) is 2.42. The van der Waals surface area contributed by atoms with Crippen LogP contribution in [-0.2, 0) is 18.9 Å². The molecule has 0 aromatic heterocycles. The largest absolute Gasteiger partial charge is 0.384 e. The van der Waals surface area contributed by atoms with Gasteiger partial charge in [0, 0.05) is 11.3 Å². The lowest BCUT2D eigenvalue weighted by Crippen LogP contribution is -2.65. The van der Waals surface area contributed by atoms with Crippen LogP contribution in [0.1, 0.15) is 34.1 Å². The Balaban J connectivity index is 1.96. The van der Waals surface area contributed by atoms with Gasteiger partial charge in [0.25, 0.3) is 0 Å². The van der Waals surface area contributed by atoms with Crippen LogP contribution in [0.25, 0.3) is 10.4 Å². The highest BCUT2D eigenvalue weighted by molar-refractivity contribution is 5.12. The topological polar surface area (TPSA) is 106 Å². The highest BCUT2D eigenvalue weighted by atomic mass is 16.8. The second kappa shape index (κ2) is 4.55. The zero-order chi connectivity index (χ0) is 15.5. The summed E-state index contributed by atoms with van der Waals surface area (Å²) in [6.45, 7) is 7.02. The molecule has 1 aliphatic carbocycles. The fourth-order valence-electron chi connectivity index (χ4n) is 3.58. The van der Waals surface area contributed by atoms with Crippen molar-refractivity contribution in [2.45, 2.75) is 75.7 Å². The minimum atomic E-state index is -1.47. The molecule has 1 unspecified atom stereocenters. The summed E-state index contributed by atoms with van der Waals surface area (Å²) in [5, 5.41) is 14.7. The quantitative estimate of drug-likeness (QED) is 0.472. The maximum Gasteiger partial charge on any atom is 0.163 e. The molecule has 0 amide bonds. The van der Waals surface area contributed by atoms with Crippen LogP contribution in [0.4, 0.5) is 0 Å². The van der Waals surface area contributed by atoms with Gasteiger partial charge in [0.15, 0.2) is 11.6 Å². The van der Waals surface area contributed by atoms with Crippen molar-refractivity contribution < 1.29 is 24.1 Å². The van der Waals surface area contributed by atoms with E-state index in [0.717, 1.165) is 0 Å². The summed E-state index contributed by atoms with van der Waals surface area (Å²) in [4.78, 5) is 2.75. The van der Waals surface area contributed by atoms with Crippen molar-refractivity contribution in [1.29, 1.82) is 0 Å². The second-order valence-electron chi connectivity index (χ2n) is 6.81. The molecule has 8 heteroatoms. The number of ether oxygens (including phenoxy) is 4. The predicted molar refractivity (Wildman–Crippen MR) is 71.2 cm³/mol. The number of hydrogen-bond acceptors (Lipinski definition) is 6. The first kappa shape index (κ1) is 15.0. The molecule has 3 fully saturated rings. The summed E-state index contributed by atoms with van der Waals surface area (Å²) in [5.74, 6) is -1.60. The van der Waals surface area contributed by atoms with Crippen molar-refractivity contribution in [2.75, 3.05) is 6.54 Å². The standard InChI is InChI=1S/C13H21N3O5/c1-11(2)18-7-5-8-10(21-12(3,4)19-8)13(17,6-15-16-14)9(7)20-11/h7-10,17H,5-6H2,1-4H3/t7-,8+,9-,10-,13?/m0/s1. The van der Waals surface area contributed by atoms with Gasteiger partial charge >= 0.3 is 0 Å². The average molecular weight is 299 g/mol. The van der Waals surface area contributed by atoms with Crippen molar-refractivity contribution in [3.05, 3.63) is 10.4 Å². The summed E-state index contributed by atoms with van der Waals surface area (Å²) in [5.41, 5.74) is 7.13. The van der Waals surface area contributed by atoms with E-state index in [0.29, 0.717) is 6.42 Å². The number of azide groups is 1. The van der Waals surface area contributed by atoms with Crippen molar-refractivity contribution in [3.63, 3.8) is 0 Å². The molecule has 21 heavy (non-hydrogen) atoms. The molecular formula is C13H21N3O5. The van der Waals surface area contributed by atoms with Crippen LogP contribution in [-0.4, -0.2) is 53.2 Å². The lowest BCUT2D eigenvalue weighted by Gasteiger charge is -2.44. The van der Waals surface area contributed by atoms with E-state index in [2.05, 4.69) is 10.0 Å². The number of hydrogen-bond donors (Lipinski definition) is 1. The van der Waals surface area contributed by atoms with Gasteiger partial charge in [0.2, 0.25) is 0 Å². The molecule has 5 atom stereocenters. The molecule has 0 aromatic carbocycles. The third-order valence-electron chi connectivity index (χ3n) is 4.20. The average Bonchev–Trinajstić information content (AvgIpc) is 2.83. The van der Waals surface area contributed by atoms with Gasteiger partial charge in [-0.05, 0) is 33.2 Å².